The standard InChI is InChI=1S/C20H18F4N4/c1-13-17-12-27(11-14-4-6-15(7-5-14)20(22,23)24)9-10-28(17)26-18(13)19-16(21)3-2-8-25-19/h2-8H,9-12H2,1H3. The van der Waals surface area contributed by atoms with E-state index in [1.165, 1.54) is 30.5 Å². The molecule has 146 valence electrons. The van der Waals surface area contributed by atoms with Crippen LogP contribution in [0, 0.1) is 12.7 Å². The number of alkyl halides is 3. The summed E-state index contributed by atoms with van der Waals surface area (Å²) in [6, 6.07) is 8.13. The van der Waals surface area contributed by atoms with Crippen LogP contribution in [-0.4, -0.2) is 26.2 Å². The van der Waals surface area contributed by atoms with E-state index in [4.69, 9.17) is 0 Å². The van der Waals surface area contributed by atoms with Gasteiger partial charge in [-0.05, 0) is 36.8 Å². The molecule has 4 rings (SSSR count). The van der Waals surface area contributed by atoms with Gasteiger partial charge in [0.05, 0.1) is 17.8 Å². The topological polar surface area (TPSA) is 34.0 Å². The highest BCUT2D eigenvalue weighted by Crippen LogP contribution is 2.30. The second kappa shape index (κ2) is 7.01. The van der Waals surface area contributed by atoms with Gasteiger partial charge in [0, 0.05) is 31.4 Å². The van der Waals surface area contributed by atoms with Gasteiger partial charge in [0.15, 0.2) is 5.82 Å². The lowest BCUT2D eigenvalue weighted by atomic mass is 10.1. The number of aromatic nitrogens is 3. The van der Waals surface area contributed by atoms with E-state index in [9.17, 15) is 17.6 Å². The predicted molar refractivity (Wildman–Crippen MR) is 95.7 cm³/mol. The van der Waals surface area contributed by atoms with E-state index < -0.39 is 17.6 Å². The number of nitrogens with zero attached hydrogens (tertiary/aromatic N) is 4. The molecular formula is C20H18F4N4. The van der Waals surface area contributed by atoms with Crippen LogP contribution in [0.5, 0.6) is 0 Å². The number of rotatable bonds is 3. The first-order valence-electron chi connectivity index (χ1n) is 8.88. The number of hydrogen-bond acceptors (Lipinski definition) is 3. The molecule has 3 heterocycles. The fourth-order valence-corrected chi connectivity index (χ4v) is 3.48. The summed E-state index contributed by atoms with van der Waals surface area (Å²) < 4.78 is 54.1. The molecule has 0 aliphatic carbocycles. The number of pyridine rings is 1. The van der Waals surface area contributed by atoms with Gasteiger partial charge >= 0.3 is 6.18 Å². The normalized spacial score (nSPS) is 14.9. The first-order chi connectivity index (χ1) is 13.3. The molecule has 0 spiro atoms. The Bertz CT molecular complexity index is 992. The Labute approximate surface area is 159 Å². The second-order valence-corrected chi connectivity index (χ2v) is 6.88. The molecule has 1 aliphatic heterocycles. The van der Waals surface area contributed by atoms with E-state index in [0.717, 1.165) is 29.0 Å². The molecule has 0 bridgehead atoms. The third-order valence-electron chi connectivity index (χ3n) is 4.99. The summed E-state index contributed by atoms with van der Waals surface area (Å²) in [7, 11) is 0. The molecule has 8 heteroatoms. The lowest BCUT2D eigenvalue weighted by Crippen LogP contribution is -2.33. The first-order valence-corrected chi connectivity index (χ1v) is 8.88. The van der Waals surface area contributed by atoms with E-state index in [2.05, 4.69) is 15.0 Å². The minimum Gasteiger partial charge on any atom is -0.291 e. The second-order valence-electron chi connectivity index (χ2n) is 6.88. The molecule has 0 amide bonds. The number of hydrogen-bond donors (Lipinski definition) is 0. The van der Waals surface area contributed by atoms with Crippen LogP contribution in [0.4, 0.5) is 17.6 Å². The van der Waals surface area contributed by atoms with Gasteiger partial charge in [0.25, 0.3) is 0 Å². The van der Waals surface area contributed by atoms with Crippen LogP contribution in [0.2, 0.25) is 0 Å². The monoisotopic (exact) mass is 390 g/mol. The van der Waals surface area contributed by atoms with Gasteiger partial charge < -0.3 is 0 Å². The summed E-state index contributed by atoms with van der Waals surface area (Å²) in [6.07, 6.45) is -2.79. The summed E-state index contributed by atoms with van der Waals surface area (Å²) in [5.74, 6) is -0.414. The summed E-state index contributed by atoms with van der Waals surface area (Å²) in [4.78, 5) is 6.26. The van der Waals surface area contributed by atoms with Crippen LogP contribution in [0.15, 0.2) is 42.6 Å². The van der Waals surface area contributed by atoms with E-state index in [1.54, 1.807) is 0 Å². The Morgan fingerprint density at radius 3 is 2.46 bits per heavy atom. The van der Waals surface area contributed by atoms with Crippen molar-refractivity contribution >= 4 is 0 Å². The van der Waals surface area contributed by atoms with Gasteiger partial charge in [-0.1, -0.05) is 12.1 Å². The van der Waals surface area contributed by atoms with Crippen LogP contribution < -0.4 is 0 Å². The van der Waals surface area contributed by atoms with Crippen molar-refractivity contribution in [3.63, 3.8) is 0 Å². The SMILES string of the molecule is Cc1c(-c2ncccc2F)nn2c1CN(Cc1ccc(C(F)(F)F)cc1)CC2. The zero-order chi connectivity index (χ0) is 19.9. The van der Waals surface area contributed by atoms with Crippen LogP contribution >= 0.6 is 0 Å². The Morgan fingerprint density at radius 2 is 1.79 bits per heavy atom. The molecule has 1 aliphatic rings. The third kappa shape index (κ3) is 3.52. The van der Waals surface area contributed by atoms with E-state index in [-0.39, 0.29) is 5.69 Å². The maximum absolute atomic E-state index is 14.1. The molecule has 0 N–H and O–H groups in total. The largest absolute Gasteiger partial charge is 0.416 e. The smallest absolute Gasteiger partial charge is 0.291 e. The fourth-order valence-electron chi connectivity index (χ4n) is 3.48. The minimum absolute atomic E-state index is 0.233. The lowest BCUT2D eigenvalue weighted by molar-refractivity contribution is -0.137. The van der Waals surface area contributed by atoms with Gasteiger partial charge in [-0.15, -0.1) is 0 Å². The fraction of sp³-hybridized carbons (Fsp3) is 0.300. The maximum Gasteiger partial charge on any atom is 0.416 e. The Balaban J connectivity index is 1.53. The Morgan fingerprint density at radius 1 is 1.04 bits per heavy atom. The summed E-state index contributed by atoms with van der Waals surface area (Å²) >= 11 is 0. The van der Waals surface area contributed by atoms with Gasteiger partial charge in [0.2, 0.25) is 0 Å². The molecule has 3 aromatic rings. The molecule has 1 aromatic carbocycles. The first kappa shape index (κ1) is 18.6. The zero-order valence-electron chi connectivity index (χ0n) is 15.2. The Hall–Kier alpha value is -2.74. The molecule has 4 nitrogen and oxygen atoms in total. The summed E-state index contributed by atoms with van der Waals surface area (Å²) in [5.41, 5.74) is 2.77. The third-order valence-corrected chi connectivity index (χ3v) is 4.99. The molecule has 2 aromatic heterocycles. The van der Waals surface area contributed by atoms with Crippen molar-refractivity contribution in [1.82, 2.24) is 19.7 Å². The van der Waals surface area contributed by atoms with Crippen LogP contribution in [-0.2, 0) is 25.8 Å². The van der Waals surface area contributed by atoms with Gasteiger partial charge in [-0.25, -0.2) is 4.39 Å². The van der Waals surface area contributed by atoms with Crippen LogP contribution in [0.3, 0.4) is 0 Å². The van der Waals surface area contributed by atoms with Crippen molar-refractivity contribution in [3.8, 4) is 11.4 Å². The van der Waals surface area contributed by atoms with E-state index >= 15 is 0 Å². The van der Waals surface area contributed by atoms with Gasteiger partial charge in [-0.3, -0.25) is 14.6 Å². The number of fused-ring (bicyclic) bond motifs is 1. The van der Waals surface area contributed by atoms with Crippen LogP contribution in [0.1, 0.15) is 22.4 Å². The molecule has 0 fully saturated rings. The molecule has 0 saturated carbocycles. The highest BCUT2D eigenvalue weighted by atomic mass is 19.4. The minimum atomic E-state index is -4.33. The van der Waals surface area contributed by atoms with Crippen molar-refractivity contribution < 1.29 is 17.6 Å². The van der Waals surface area contributed by atoms with Crippen molar-refractivity contribution in [1.29, 1.82) is 0 Å². The predicted octanol–water partition coefficient (Wildman–Crippen LogP) is 4.43. The van der Waals surface area contributed by atoms with Crippen molar-refractivity contribution in [2.24, 2.45) is 0 Å². The molecule has 28 heavy (non-hydrogen) atoms. The molecule has 0 unspecified atom stereocenters. The Kier molecular flexibility index (Phi) is 4.66. The molecule has 0 atom stereocenters. The molecule has 0 saturated heterocycles. The summed E-state index contributed by atoms with van der Waals surface area (Å²) in [5, 5.41) is 4.52. The average Bonchev–Trinajstić information content (AvgIpc) is 2.98. The molecule has 0 radical (unpaired) electrons. The van der Waals surface area contributed by atoms with Gasteiger partial charge in [0.1, 0.15) is 11.4 Å². The average molecular weight is 390 g/mol. The lowest BCUT2D eigenvalue weighted by Gasteiger charge is -2.28. The highest BCUT2D eigenvalue weighted by molar-refractivity contribution is 5.60. The van der Waals surface area contributed by atoms with Crippen molar-refractivity contribution in [2.45, 2.75) is 32.7 Å². The zero-order valence-corrected chi connectivity index (χ0v) is 15.2. The quantitative estimate of drug-likeness (QED) is 0.621. The highest BCUT2D eigenvalue weighted by Gasteiger charge is 2.30. The van der Waals surface area contributed by atoms with E-state index in [1.807, 2.05) is 11.6 Å². The molecular weight excluding hydrogens is 372 g/mol. The number of benzene rings is 1. The number of halogens is 4. The van der Waals surface area contributed by atoms with Gasteiger partial charge in [-0.2, -0.15) is 18.3 Å². The maximum atomic E-state index is 14.1. The van der Waals surface area contributed by atoms with E-state index in [0.29, 0.717) is 31.9 Å². The van der Waals surface area contributed by atoms with Crippen molar-refractivity contribution in [2.75, 3.05) is 6.54 Å². The van der Waals surface area contributed by atoms with Crippen LogP contribution in [0.25, 0.3) is 11.4 Å². The van der Waals surface area contributed by atoms with Crippen molar-refractivity contribution in [3.05, 3.63) is 70.8 Å². The summed E-state index contributed by atoms with van der Waals surface area (Å²) in [6.45, 7) is 4.36.